The van der Waals surface area contributed by atoms with E-state index in [0.29, 0.717) is 5.76 Å². The van der Waals surface area contributed by atoms with Crippen molar-refractivity contribution in [1.82, 2.24) is 10.4 Å². The zero-order valence-electron chi connectivity index (χ0n) is 7.81. The average Bonchev–Trinajstić information content (AvgIpc) is 2.78. The van der Waals surface area contributed by atoms with Crippen LogP contribution in [0.2, 0.25) is 0 Å². The number of oxazole rings is 1. The third kappa shape index (κ3) is 1.72. The molecule has 0 saturated carbocycles. The number of amides is 1. The first kappa shape index (κ1) is 9.42. The zero-order chi connectivity index (χ0) is 10.7. The number of rotatable bonds is 2. The fraction of sp³-hybridized carbons (Fsp3) is 0. The summed E-state index contributed by atoms with van der Waals surface area (Å²) in [4.78, 5) is 15.1. The minimum atomic E-state index is -0.470. The van der Waals surface area contributed by atoms with Crippen molar-refractivity contribution in [1.29, 1.82) is 0 Å². The number of nitrogens with one attached hydrogen (secondary N) is 1. The molecule has 5 nitrogen and oxygen atoms in total. The van der Waals surface area contributed by atoms with Crippen LogP contribution in [-0.4, -0.2) is 10.9 Å². The molecular formula is C10H9N3O2. The van der Waals surface area contributed by atoms with Crippen molar-refractivity contribution in [3.05, 3.63) is 42.4 Å². The van der Waals surface area contributed by atoms with Gasteiger partial charge < -0.3 is 4.42 Å². The van der Waals surface area contributed by atoms with E-state index in [4.69, 9.17) is 10.3 Å². The van der Waals surface area contributed by atoms with E-state index in [0.717, 1.165) is 5.56 Å². The molecule has 0 aliphatic heterocycles. The van der Waals surface area contributed by atoms with Gasteiger partial charge in [0, 0.05) is 5.56 Å². The van der Waals surface area contributed by atoms with Crippen LogP contribution in [-0.2, 0) is 0 Å². The molecule has 1 aromatic heterocycles. The molecule has 1 aromatic carbocycles. The first-order valence-electron chi connectivity index (χ1n) is 4.33. The van der Waals surface area contributed by atoms with E-state index < -0.39 is 5.91 Å². The van der Waals surface area contributed by atoms with Crippen LogP contribution in [0.15, 0.2) is 41.1 Å². The summed E-state index contributed by atoms with van der Waals surface area (Å²) in [6.07, 6.45) is 1.22. The largest absolute Gasteiger partial charge is 0.443 e. The molecule has 1 amide bonds. The number of carbonyl (C=O) groups is 1. The number of hydrogen-bond acceptors (Lipinski definition) is 4. The summed E-state index contributed by atoms with van der Waals surface area (Å²) < 4.78 is 5.15. The molecule has 0 aliphatic carbocycles. The molecular weight excluding hydrogens is 194 g/mol. The van der Waals surface area contributed by atoms with Crippen LogP contribution in [0.4, 0.5) is 0 Å². The van der Waals surface area contributed by atoms with Crippen LogP contribution >= 0.6 is 0 Å². The number of nitrogen functional groups attached to an aromatic ring is 1. The Hall–Kier alpha value is -2.14. The fourth-order valence-electron chi connectivity index (χ4n) is 1.27. The van der Waals surface area contributed by atoms with Crippen LogP contribution in [0, 0.1) is 0 Å². The van der Waals surface area contributed by atoms with E-state index in [2.05, 4.69) is 4.98 Å². The standard InChI is InChI=1S/C10H9N3O2/c11-13-10(14)8-9(15-6-12-8)7-4-2-1-3-5-7/h1-6H,11H2,(H,13,14). The van der Waals surface area contributed by atoms with Gasteiger partial charge in [0.15, 0.2) is 17.8 Å². The van der Waals surface area contributed by atoms with E-state index in [-0.39, 0.29) is 5.69 Å². The van der Waals surface area contributed by atoms with Gasteiger partial charge in [-0.05, 0) is 0 Å². The fourth-order valence-corrected chi connectivity index (χ4v) is 1.27. The molecule has 15 heavy (non-hydrogen) atoms. The minimum absolute atomic E-state index is 0.184. The first-order chi connectivity index (χ1) is 7.33. The second-order valence-corrected chi connectivity index (χ2v) is 2.87. The molecule has 0 unspecified atom stereocenters. The normalized spacial score (nSPS) is 9.93. The topological polar surface area (TPSA) is 81.1 Å². The molecule has 0 fully saturated rings. The molecule has 0 radical (unpaired) electrons. The number of hydrazine groups is 1. The summed E-state index contributed by atoms with van der Waals surface area (Å²) in [6.45, 7) is 0. The van der Waals surface area contributed by atoms with Crippen molar-refractivity contribution < 1.29 is 9.21 Å². The maximum Gasteiger partial charge on any atom is 0.287 e. The number of carbonyl (C=O) groups excluding carboxylic acids is 1. The van der Waals surface area contributed by atoms with Crippen LogP contribution < -0.4 is 11.3 Å². The van der Waals surface area contributed by atoms with Gasteiger partial charge in [-0.2, -0.15) is 0 Å². The lowest BCUT2D eigenvalue weighted by Crippen LogP contribution is -2.30. The number of aromatic nitrogens is 1. The average molecular weight is 203 g/mol. The quantitative estimate of drug-likeness (QED) is 0.432. The molecule has 76 valence electrons. The van der Waals surface area contributed by atoms with E-state index in [9.17, 15) is 4.79 Å². The highest BCUT2D eigenvalue weighted by Gasteiger charge is 2.16. The second-order valence-electron chi connectivity index (χ2n) is 2.87. The van der Waals surface area contributed by atoms with Gasteiger partial charge >= 0.3 is 0 Å². The van der Waals surface area contributed by atoms with Gasteiger partial charge in [-0.3, -0.25) is 10.2 Å². The van der Waals surface area contributed by atoms with Crippen molar-refractivity contribution in [2.45, 2.75) is 0 Å². The summed E-state index contributed by atoms with van der Waals surface area (Å²) in [7, 11) is 0. The lowest BCUT2D eigenvalue weighted by molar-refractivity contribution is 0.0949. The molecule has 3 N–H and O–H groups in total. The Morgan fingerprint density at radius 1 is 1.33 bits per heavy atom. The van der Waals surface area contributed by atoms with Crippen LogP contribution in [0.3, 0.4) is 0 Å². The van der Waals surface area contributed by atoms with Crippen molar-refractivity contribution in [2.75, 3.05) is 0 Å². The Morgan fingerprint density at radius 3 is 2.73 bits per heavy atom. The summed E-state index contributed by atoms with van der Waals surface area (Å²) >= 11 is 0. The van der Waals surface area contributed by atoms with E-state index in [1.165, 1.54) is 6.39 Å². The third-order valence-electron chi connectivity index (χ3n) is 1.95. The third-order valence-corrected chi connectivity index (χ3v) is 1.95. The SMILES string of the molecule is NNC(=O)c1ncoc1-c1ccccc1. The Morgan fingerprint density at radius 2 is 2.07 bits per heavy atom. The Kier molecular flexibility index (Phi) is 2.47. The second kappa shape index (κ2) is 3.93. The summed E-state index contributed by atoms with van der Waals surface area (Å²) in [5.41, 5.74) is 2.99. The molecule has 0 atom stereocenters. The van der Waals surface area contributed by atoms with Gasteiger partial charge in [-0.1, -0.05) is 30.3 Å². The molecule has 1 heterocycles. The Balaban J connectivity index is 2.46. The molecule has 2 aromatic rings. The molecule has 0 bridgehead atoms. The Bertz CT molecular complexity index is 465. The van der Waals surface area contributed by atoms with E-state index >= 15 is 0 Å². The van der Waals surface area contributed by atoms with Gasteiger partial charge in [0.25, 0.3) is 5.91 Å². The molecule has 0 aliphatic rings. The van der Waals surface area contributed by atoms with Gasteiger partial charge in [0.05, 0.1) is 0 Å². The summed E-state index contributed by atoms with van der Waals surface area (Å²) in [5.74, 6) is 4.97. The predicted molar refractivity (Wildman–Crippen MR) is 53.6 cm³/mol. The van der Waals surface area contributed by atoms with Crippen LogP contribution in [0.25, 0.3) is 11.3 Å². The zero-order valence-corrected chi connectivity index (χ0v) is 7.81. The predicted octanol–water partition coefficient (Wildman–Crippen LogP) is 0.945. The number of benzene rings is 1. The smallest absolute Gasteiger partial charge is 0.287 e. The maximum absolute atomic E-state index is 11.3. The van der Waals surface area contributed by atoms with Gasteiger partial charge in [0.1, 0.15) is 0 Å². The molecule has 0 spiro atoms. The van der Waals surface area contributed by atoms with Gasteiger partial charge in [-0.15, -0.1) is 0 Å². The van der Waals surface area contributed by atoms with E-state index in [1.807, 2.05) is 35.8 Å². The van der Waals surface area contributed by atoms with Crippen LogP contribution in [0.1, 0.15) is 10.5 Å². The summed E-state index contributed by atoms with van der Waals surface area (Å²) in [5, 5.41) is 0. The highest BCUT2D eigenvalue weighted by Crippen LogP contribution is 2.22. The van der Waals surface area contributed by atoms with Crippen molar-refractivity contribution >= 4 is 5.91 Å². The summed E-state index contributed by atoms with van der Waals surface area (Å²) in [6, 6.07) is 9.23. The van der Waals surface area contributed by atoms with Gasteiger partial charge in [0.2, 0.25) is 0 Å². The van der Waals surface area contributed by atoms with E-state index in [1.54, 1.807) is 0 Å². The molecule has 5 heteroatoms. The van der Waals surface area contributed by atoms with Gasteiger partial charge in [-0.25, -0.2) is 10.8 Å². The number of nitrogens with zero attached hydrogens (tertiary/aromatic N) is 1. The van der Waals surface area contributed by atoms with Crippen molar-refractivity contribution in [3.63, 3.8) is 0 Å². The van der Waals surface area contributed by atoms with Crippen molar-refractivity contribution in [2.24, 2.45) is 5.84 Å². The maximum atomic E-state index is 11.3. The highest BCUT2D eigenvalue weighted by atomic mass is 16.3. The monoisotopic (exact) mass is 203 g/mol. The highest BCUT2D eigenvalue weighted by molar-refractivity contribution is 5.97. The first-order valence-corrected chi connectivity index (χ1v) is 4.33. The molecule has 0 saturated heterocycles. The Labute approximate surface area is 85.9 Å². The number of hydrogen-bond donors (Lipinski definition) is 2. The number of nitrogens with two attached hydrogens (primary N) is 1. The lowest BCUT2D eigenvalue weighted by Gasteiger charge is -1.99. The minimum Gasteiger partial charge on any atom is -0.443 e. The van der Waals surface area contributed by atoms with Crippen molar-refractivity contribution in [3.8, 4) is 11.3 Å². The van der Waals surface area contributed by atoms with Crippen LogP contribution in [0.5, 0.6) is 0 Å². The molecule has 2 rings (SSSR count). The lowest BCUT2D eigenvalue weighted by atomic mass is 10.1.